The van der Waals surface area contributed by atoms with E-state index in [1.165, 1.54) is 36.4 Å². The fourth-order valence-electron chi connectivity index (χ4n) is 3.17. The van der Waals surface area contributed by atoms with Crippen molar-refractivity contribution in [3.05, 3.63) is 64.3 Å². The summed E-state index contributed by atoms with van der Waals surface area (Å²) < 4.78 is 74.6. The van der Waals surface area contributed by atoms with Crippen molar-refractivity contribution in [3.8, 4) is 5.75 Å². The largest absolute Gasteiger partial charge is 0.449 e. The highest BCUT2D eigenvalue weighted by molar-refractivity contribution is 9.10. The van der Waals surface area contributed by atoms with Crippen molar-refractivity contribution in [2.24, 2.45) is 0 Å². The van der Waals surface area contributed by atoms with E-state index in [1.54, 1.807) is 12.1 Å². The lowest BCUT2D eigenvalue weighted by Gasteiger charge is -2.27. The van der Waals surface area contributed by atoms with Crippen molar-refractivity contribution in [1.82, 2.24) is 0 Å². The molecule has 1 aliphatic rings. The number of esters is 1. The highest BCUT2D eigenvalue weighted by atomic mass is 79.9. The van der Waals surface area contributed by atoms with Crippen LogP contribution in [0.3, 0.4) is 0 Å². The van der Waals surface area contributed by atoms with Gasteiger partial charge in [-0.2, -0.15) is 13.2 Å². The topological polar surface area (TPSA) is 69.7 Å². The van der Waals surface area contributed by atoms with Crippen molar-refractivity contribution in [1.29, 1.82) is 0 Å². The summed E-state index contributed by atoms with van der Waals surface area (Å²) in [5.41, 5.74) is -1.95. The Morgan fingerprint density at radius 1 is 1.07 bits per heavy atom. The van der Waals surface area contributed by atoms with Crippen molar-refractivity contribution in [2.75, 3.05) is 6.26 Å². The van der Waals surface area contributed by atoms with E-state index in [4.69, 9.17) is 9.47 Å². The van der Waals surface area contributed by atoms with Crippen LogP contribution in [0.15, 0.2) is 63.7 Å². The Morgan fingerprint density at radius 2 is 1.63 bits per heavy atom. The van der Waals surface area contributed by atoms with Crippen LogP contribution in [0, 0.1) is 0 Å². The van der Waals surface area contributed by atoms with Crippen LogP contribution in [0.4, 0.5) is 13.2 Å². The van der Waals surface area contributed by atoms with Crippen molar-refractivity contribution >= 4 is 37.3 Å². The van der Waals surface area contributed by atoms with Crippen LogP contribution in [0.1, 0.15) is 18.9 Å². The number of cyclic esters (lactones) is 1. The molecule has 1 heterocycles. The molecule has 0 spiro atoms. The fourth-order valence-corrected chi connectivity index (χ4v) is 4.06. The van der Waals surface area contributed by atoms with E-state index in [-0.39, 0.29) is 27.5 Å². The molecule has 0 bridgehead atoms. The smallest absolute Gasteiger partial charge is 0.393 e. The quantitative estimate of drug-likeness (QED) is 0.541. The number of hydrogen-bond acceptors (Lipinski definition) is 5. The zero-order chi connectivity index (χ0) is 22.3. The molecule has 0 unspecified atom stereocenters. The van der Waals surface area contributed by atoms with E-state index >= 15 is 0 Å². The SMILES string of the molecule is C[C@]1(CC(F)(F)F)OC(=O)C(Oc2ccc(Br)cc2)=C1c1ccc(S(C)(=O)=O)cc1. The summed E-state index contributed by atoms with van der Waals surface area (Å²) in [5.74, 6) is -1.19. The predicted octanol–water partition coefficient (Wildman–Crippen LogP) is 4.91. The lowest BCUT2D eigenvalue weighted by Crippen LogP contribution is -2.33. The molecule has 30 heavy (non-hydrogen) atoms. The molecule has 3 rings (SSSR count). The van der Waals surface area contributed by atoms with Crippen LogP contribution in [0.2, 0.25) is 0 Å². The molecule has 0 aliphatic carbocycles. The number of alkyl halides is 3. The molecule has 0 radical (unpaired) electrons. The Bertz CT molecular complexity index is 1110. The molecule has 0 fully saturated rings. The van der Waals surface area contributed by atoms with Gasteiger partial charge in [-0.05, 0) is 48.9 Å². The summed E-state index contributed by atoms with van der Waals surface area (Å²) in [6.45, 7) is 1.15. The molecule has 10 heteroatoms. The Labute approximate surface area is 179 Å². The van der Waals surface area contributed by atoms with Gasteiger partial charge in [0.05, 0.1) is 16.9 Å². The molecule has 0 aromatic heterocycles. The van der Waals surface area contributed by atoms with Crippen LogP contribution in [-0.2, 0) is 19.4 Å². The Kier molecular flexibility index (Phi) is 5.76. The van der Waals surface area contributed by atoms with Gasteiger partial charge in [0.15, 0.2) is 9.84 Å². The molecule has 0 amide bonds. The highest BCUT2D eigenvalue weighted by Crippen LogP contribution is 2.46. The average molecular weight is 505 g/mol. The van der Waals surface area contributed by atoms with E-state index < -0.39 is 34.0 Å². The molecule has 1 atom stereocenters. The molecule has 1 aliphatic heterocycles. The number of ether oxygens (including phenoxy) is 2. The van der Waals surface area contributed by atoms with Crippen molar-refractivity contribution < 1.29 is 35.9 Å². The second-order valence-electron chi connectivity index (χ2n) is 6.97. The predicted molar refractivity (Wildman–Crippen MR) is 106 cm³/mol. The molecular formula is C20H16BrF3O5S. The van der Waals surface area contributed by atoms with Gasteiger partial charge in [0.25, 0.3) is 0 Å². The second kappa shape index (κ2) is 7.73. The number of sulfone groups is 1. The molecule has 0 saturated heterocycles. The van der Waals surface area contributed by atoms with Gasteiger partial charge in [0, 0.05) is 10.7 Å². The van der Waals surface area contributed by atoms with E-state index in [0.717, 1.165) is 17.7 Å². The number of carbonyl (C=O) groups is 1. The maximum atomic E-state index is 13.2. The zero-order valence-electron chi connectivity index (χ0n) is 15.8. The van der Waals surface area contributed by atoms with Crippen LogP contribution >= 0.6 is 15.9 Å². The van der Waals surface area contributed by atoms with E-state index in [1.807, 2.05) is 0 Å². The lowest BCUT2D eigenvalue weighted by atomic mass is 9.87. The fraction of sp³-hybridized carbons (Fsp3) is 0.250. The Hall–Kier alpha value is -2.33. The van der Waals surface area contributed by atoms with E-state index in [2.05, 4.69) is 15.9 Å². The molecule has 2 aromatic rings. The van der Waals surface area contributed by atoms with Gasteiger partial charge in [-0.1, -0.05) is 28.1 Å². The van der Waals surface area contributed by atoms with Crippen LogP contribution < -0.4 is 4.74 Å². The van der Waals surface area contributed by atoms with Crippen LogP contribution in [-0.4, -0.2) is 32.4 Å². The normalized spacial score (nSPS) is 19.7. The first kappa shape index (κ1) is 22.4. The number of hydrogen-bond donors (Lipinski definition) is 0. The van der Waals surface area contributed by atoms with Crippen LogP contribution in [0.25, 0.3) is 5.57 Å². The van der Waals surface area contributed by atoms with Gasteiger partial charge in [0.2, 0.25) is 5.76 Å². The zero-order valence-corrected chi connectivity index (χ0v) is 18.2. The molecule has 5 nitrogen and oxygen atoms in total. The first-order chi connectivity index (χ1) is 13.8. The van der Waals surface area contributed by atoms with Gasteiger partial charge >= 0.3 is 12.1 Å². The van der Waals surface area contributed by atoms with Gasteiger partial charge in [0.1, 0.15) is 11.4 Å². The summed E-state index contributed by atoms with van der Waals surface area (Å²) >= 11 is 3.26. The minimum Gasteiger partial charge on any atom is -0.449 e. The van der Waals surface area contributed by atoms with Gasteiger partial charge in [-0.25, -0.2) is 13.2 Å². The standard InChI is InChI=1S/C20H16BrF3O5S/c1-19(11-20(22,23)24)16(12-3-9-15(10-4-12)30(2,26)27)17(18(25)29-19)28-14-7-5-13(21)6-8-14/h3-10H,11H2,1-2H3/t19-/m1/s1. The first-order valence-electron chi connectivity index (χ1n) is 8.57. The summed E-state index contributed by atoms with van der Waals surface area (Å²) in [5, 5.41) is 0. The summed E-state index contributed by atoms with van der Waals surface area (Å²) in [6, 6.07) is 11.5. The van der Waals surface area contributed by atoms with Crippen molar-refractivity contribution in [3.63, 3.8) is 0 Å². The summed E-state index contributed by atoms with van der Waals surface area (Å²) in [6.07, 6.45) is -5.04. The Balaban J connectivity index is 2.14. The van der Waals surface area contributed by atoms with Crippen molar-refractivity contribution in [2.45, 2.75) is 30.0 Å². The molecule has 2 aromatic carbocycles. The average Bonchev–Trinajstić information content (AvgIpc) is 2.84. The molecular weight excluding hydrogens is 489 g/mol. The Morgan fingerprint density at radius 3 is 2.13 bits per heavy atom. The molecule has 0 saturated carbocycles. The van der Waals surface area contributed by atoms with Gasteiger partial charge in [-0.15, -0.1) is 0 Å². The third-order valence-corrected chi connectivity index (χ3v) is 6.06. The minimum absolute atomic E-state index is 0.00926. The third kappa shape index (κ3) is 4.86. The minimum atomic E-state index is -4.62. The summed E-state index contributed by atoms with van der Waals surface area (Å²) in [7, 11) is -3.51. The monoisotopic (exact) mass is 504 g/mol. The van der Waals surface area contributed by atoms with E-state index in [0.29, 0.717) is 0 Å². The van der Waals surface area contributed by atoms with Gasteiger partial charge in [-0.3, -0.25) is 0 Å². The van der Waals surface area contributed by atoms with Crippen LogP contribution in [0.5, 0.6) is 5.75 Å². The van der Waals surface area contributed by atoms with Gasteiger partial charge < -0.3 is 9.47 Å². The number of carbonyl (C=O) groups excluding carboxylic acids is 1. The molecule has 160 valence electrons. The third-order valence-electron chi connectivity index (χ3n) is 4.40. The number of halogens is 4. The first-order valence-corrected chi connectivity index (χ1v) is 11.3. The lowest BCUT2D eigenvalue weighted by molar-refractivity contribution is -0.176. The maximum absolute atomic E-state index is 13.2. The molecule has 0 N–H and O–H groups in total. The maximum Gasteiger partial charge on any atom is 0.393 e. The number of rotatable bonds is 5. The van der Waals surface area contributed by atoms with E-state index in [9.17, 15) is 26.4 Å². The second-order valence-corrected chi connectivity index (χ2v) is 9.90. The number of benzene rings is 2. The summed E-state index contributed by atoms with van der Waals surface area (Å²) in [4.78, 5) is 12.5. The highest BCUT2D eigenvalue weighted by Gasteiger charge is 2.52.